The molecule has 22 heavy (non-hydrogen) atoms. The number of carbonyl (C=O) groups is 1. The summed E-state index contributed by atoms with van der Waals surface area (Å²) in [4.78, 5) is 14.7. The molecule has 0 spiro atoms. The van der Waals surface area contributed by atoms with Crippen LogP contribution in [0.25, 0.3) is 11.3 Å². The standard InChI is InChI=1S/C17H22N4O/c1-11-14(17(18)22)10-16(20-11)13-4-2-3-5-15(13)21-12-6-8-19-9-7-12/h2-5,10,12,19-21H,6-9H2,1H3,(H2,18,22). The van der Waals surface area contributed by atoms with Gasteiger partial charge in [-0.25, -0.2) is 0 Å². The van der Waals surface area contributed by atoms with E-state index in [1.165, 1.54) is 0 Å². The average molecular weight is 298 g/mol. The monoisotopic (exact) mass is 298 g/mol. The zero-order chi connectivity index (χ0) is 15.5. The summed E-state index contributed by atoms with van der Waals surface area (Å²) in [6.07, 6.45) is 2.23. The van der Waals surface area contributed by atoms with E-state index >= 15 is 0 Å². The first-order valence-electron chi connectivity index (χ1n) is 7.71. The van der Waals surface area contributed by atoms with Crippen molar-refractivity contribution >= 4 is 11.6 Å². The number of para-hydroxylation sites is 1. The summed E-state index contributed by atoms with van der Waals surface area (Å²) in [6.45, 7) is 3.97. The molecule has 3 rings (SSSR count). The highest BCUT2D eigenvalue weighted by atomic mass is 16.1. The molecule has 0 aliphatic carbocycles. The predicted molar refractivity (Wildman–Crippen MR) is 89.0 cm³/mol. The Morgan fingerprint density at radius 2 is 2.00 bits per heavy atom. The number of aromatic nitrogens is 1. The van der Waals surface area contributed by atoms with Crippen molar-refractivity contribution in [1.82, 2.24) is 10.3 Å². The Kier molecular flexibility index (Phi) is 4.15. The Balaban J connectivity index is 1.90. The van der Waals surface area contributed by atoms with Crippen LogP contribution in [0.4, 0.5) is 5.69 Å². The largest absolute Gasteiger partial charge is 0.382 e. The zero-order valence-electron chi connectivity index (χ0n) is 12.8. The van der Waals surface area contributed by atoms with E-state index in [1.54, 1.807) is 0 Å². The number of benzene rings is 1. The lowest BCUT2D eigenvalue weighted by Crippen LogP contribution is -2.35. The second kappa shape index (κ2) is 6.23. The Hall–Kier alpha value is -2.27. The van der Waals surface area contributed by atoms with E-state index in [4.69, 9.17) is 5.73 Å². The number of amides is 1. The van der Waals surface area contributed by atoms with Crippen molar-refractivity contribution in [3.8, 4) is 11.3 Å². The Morgan fingerprint density at radius 3 is 2.68 bits per heavy atom. The summed E-state index contributed by atoms with van der Waals surface area (Å²) in [5.41, 5.74) is 9.84. The van der Waals surface area contributed by atoms with Crippen LogP contribution in [-0.2, 0) is 0 Å². The molecule has 0 atom stereocenters. The molecule has 0 bridgehead atoms. The number of nitrogens with one attached hydrogen (secondary N) is 3. The molecule has 5 heteroatoms. The predicted octanol–water partition coefficient (Wildman–Crippen LogP) is 2.25. The fourth-order valence-corrected chi connectivity index (χ4v) is 2.99. The lowest BCUT2D eigenvalue weighted by Gasteiger charge is -2.25. The molecule has 1 amide bonds. The van der Waals surface area contributed by atoms with Gasteiger partial charge < -0.3 is 21.4 Å². The van der Waals surface area contributed by atoms with Gasteiger partial charge in [0.15, 0.2) is 0 Å². The first-order chi connectivity index (χ1) is 10.6. The van der Waals surface area contributed by atoms with Crippen molar-refractivity contribution in [2.75, 3.05) is 18.4 Å². The molecule has 5 nitrogen and oxygen atoms in total. The van der Waals surface area contributed by atoms with Gasteiger partial charge in [-0.15, -0.1) is 0 Å². The van der Waals surface area contributed by atoms with E-state index in [2.05, 4.69) is 27.8 Å². The van der Waals surface area contributed by atoms with Crippen LogP contribution in [0.2, 0.25) is 0 Å². The third-order valence-electron chi connectivity index (χ3n) is 4.20. The fraction of sp³-hybridized carbons (Fsp3) is 0.353. The van der Waals surface area contributed by atoms with Crippen LogP contribution in [0, 0.1) is 6.92 Å². The van der Waals surface area contributed by atoms with Gasteiger partial charge in [-0.3, -0.25) is 4.79 Å². The van der Waals surface area contributed by atoms with E-state index in [0.717, 1.165) is 48.6 Å². The Morgan fingerprint density at radius 1 is 1.27 bits per heavy atom. The molecule has 2 heterocycles. The van der Waals surface area contributed by atoms with E-state index in [1.807, 2.05) is 25.1 Å². The van der Waals surface area contributed by atoms with Gasteiger partial charge in [0.1, 0.15) is 0 Å². The highest BCUT2D eigenvalue weighted by Crippen LogP contribution is 2.30. The van der Waals surface area contributed by atoms with Crippen molar-refractivity contribution in [1.29, 1.82) is 0 Å². The average Bonchev–Trinajstić information content (AvgIpc) is 2.91. The van der Waals surface area contributed by atoms with Gasteiger partial charge in [-0.1, -0.05) is 18.2 Å². The van der Waals surface area contributed by atoms with Crippen LogP contribution < -0.4 is 16.4 Å². The van der Waals surface area contributed by atoms with Gasteiger partial charge in [0.25, 0.3) is 5.91 Å². The number of carbonyl (C=O) groups excluding carboxylic acids is 1. The highest BCUT2D eigenvalue weighted by molar-refractivity contribution is 5.96. The second-order valence-corrected chi connectivity index (χ2v) is 5.80. The van der Waals surface area contributed by atoms with Crippen molar-refractivity contribution < 1.29 is 4.79 Å². The van der Waals surface area contributed by atoms with Crippen LogP contribution in [0.1, 0.15) is 28.9 Å². The van der Waals surface area contributed by atoms with E-state index in [0.29, 0.717) is 11.6 Å². The van der Waals surface area contributed by atoms with Gasteiger partial charge in [0.05, 0.1) is 5.56 Å². The minimum Gasteiger partial charge on any atom is -0.382 e. The third-order valence-corrected chi connectivity index (χ3v) is 4.20. The lowest BCUT2D eigenvalue weighted by molar-refractivity contribution is 0.1000. The zero-order valence-corrected chi connectivity index (χ0v) is 12.8. The molecule has 0 unspecified atom stereocenters. The molecular formula is C17H22N4O. The van der Waals surface area contributed by atoms with E-state index in [9.17, 15) is 4.79 Å². The SMILES string of the molecule is Cc1[nH]c(-c2ccccc2NC2CCNCC2)cc1C(N)=O. The molecule has 0 saturated carbocycles. The van der Waals surface area contributed by atoms with Crippen LogP contribution in [0.3, 0.4) is 0 Å². The van der Waals surface area contributed by atoms with Crippen molar-refractivity contribution in [2.45, 2.75) is 25.8 Å². The first kappa shape index (κ1) is 14.7. The van der Waals surface area contributed by atoms with Crippen LogP contribution in [0.5, 0.6) is 0 Å². The normalized spacial score (nSPS) is 15.7. The first-order valence-corrected chi connectivity index (χ1v) is 7.71. The number of aromatic amines is 1. The number of primary amides is 1. The van der Waals surface area contributed by atoms with Crippen molar-refractivity contribution in [2.24, 2.45) is 5.73 Å². The quantitative estimate of drug-likeness (QED) is 0.698. The minimum atomic E-state index is -0.399. The third kappa shape index (κ3) is 2.99. The molecule has 1 fully saturated rings. The van der Waals surface area contributed by atoms with Crippen molar-refractivity contribution in [3.05, 3.63) is 41.6 Å². The highest BCUT2D eigenvalue weighted by Gasteiger charge is 2.16. The number of hydrogen-bond donors (Lipinski definition) is 4. The molecule has 2 aromatic rings. The molecule has 1 aromatic carbocycles. The van der Waals surface area contributed by atoms with E-state index < -0.39 is 5.91 Å². The van der Waals surface area contributed by atoms with Gasteiger partial charge >= 0.3 is 0 Å². The molecular weight excluding hydrogens is 276 g/mol. The summed E-state index contributed by atoms with van der Waals surface area (Å²) >= 11 is 0. The Labute approximate surface area is 130 Å². The van der Waals surface area contributed by atoms with Gasteiger partial charge in [0, 0.05) is 28.7 Å². The molecule has 1 aromatic heterocycles. The molecule has 1 aliphatic rings. The Bertz CT molecular complexity index is 671. The molecule has 0 radical (unpaired) electrons. The van der Waals surface area contributed by atoms with Gasteiger partial charge in [0.2, 0.25) is 0 Å². The van der Waals surface area contributed by atoms with Crippen LogP contribution >= 0.6 is 0 Å². The van der Waals surface area contributed by atoms with Gasteiger partial charge in [-0.05, 0) is 45.0 Å². The number of piperidine rings is 1. The van der Waals surface area contributed by atoms with Crippen molar-refractivity contribution in [3.63, 3.8) is 0 Å². The smallest absolute Gasteiger partial charge is 0.250 e. The lowest BCUT2D eigenvalue weighted by atomic mass is 10.0. The summed E-state index contributed by atoms with van der Waals surface area (Å²) in [5, 5.41) is 7.00. The maximum atomic E-state index is 11.4. The number of aryl methyl sites for hydroxylation is 1. The number of rotatable bonds is 4. The summed E-state index contributed by atoms with van der Waals surface area (Å²) in [5.74, 6) is -0.399. The number of hydrogen-bond acceptors (Lipinski definition) is 3. The minimum absolute atomic E-state index is 0.399. The summed E-state index contributed by atoms with van der Waals surface area (Å²) in [6, 6.07) is 10.5. The maximum absolute atomic E-state index is 11.4. The number of anilines is 1. The number of H-pyrrole nitrogens is 1. The fourth-order valence-electron chi connectivity index (χ4n) is 2.99. The molecule has 1 aliphatic heterocycles. The van der Waals surface area contributed by atoms with Crippen LogP contribution in [0.15, 0.2) is 30.3 Å². The topological polar surface area (TPSA) is 82.9 Å². The molecule has 5 N–H and O–H groups in total. The molecule has 1 saturated heterocycles. The van der Waals surface area contributed by atoms with Crippen LogP contribution in [-0.4, -0.2) is 30.0 Å². The summed E-state index contributed by atoms with van der Waals surface area (Å²) in [7, 11) is 0. The maximum Gasteiger partial charge on any atom is 0.250 e. The molecule has 116 valence electrons. The number of nitrogens with two attached hydrogens (primary N) is 1. The second-order valence-electron chi connectivity index (χ2n) is 5.80. The van der Waals surface area contributed by atoms with E-state index in [-0.39, 0.29) is 0 Å². The van der Waals surface area contributed by atoms with Gasteiger partial charge in [-0.2, -0.15) is 0 Å². The summed E-state index contributed by atoms with van der Waals surface area (Å²) < 4.78 is 0.